The second-order valence-electron chi connectivity index (χ2n) is 5.51. The minimum atomic E-state index is -0.521. The summed E-state index contributed by atoms with van der Waals surface area (Å²) in [5.74, 6) is 0.218. The highest BCUT2D eigenvalue weighted by Crippen LogP contribution is 2.32. The molecule has 2 amide bonds. The second-order valence-corrected chi connectivity index (χ2v) is 6.38. The first kappa shape index (κ1) is 14.7. The summed E-state index contributed by atoms with van der Waals surface area (Å²) in [7, 11) is 0. The quantitative estimate of drug-likeness (QED) is 0.765. The van der Waals surface area contributed by atoms with E-state index in [1.54, 1.807) is 25.1 Å². The van der Waals surface area contributed by atoms with Crippen LogP contribution in [0.2, 0.25) is 0 Å². The van der Waals surface area contributed by atoms with Crippen LogP contribution in [0.25, 0.3) is 4.96 Å². The molecule has 24 heavy (non-hydrogen) atoms. The van der Waals surface area contributed by atoms with E-state index in [2.05, 4.69) is 15.6 Å². The highest BCUT2D eigenvalue weighted by atomic mass is 32.1. The Bertz CT molecular complexity index is 917. The first-order valence-corrected chi connectivity index (χ1v) is 8.29. The highest BCUT2D eigenvalue weighted by molar-refractivity contribution is 7.15. The molecule has 0 spiro atoms. The smallest absolute Gasteiger partial charge is 0.265 e. The summed E-state index contributed by atoms with van der Waals surface area (Å²) in [5, 5.41) is 7.51. The Balaban J connectivity index is 1.47. The number of benzene rings is 1. The van der Waals surface area contributed by atoms with Crippen LogP contribution >= 0.6 is 11.3 Å². The van der Waals surface area contributed by atoms with E-state index in [0.717, 1.165) is 4.96 Å². The monoisotopic (exact) mass is 342 g/mol. The van der Waals surface area contributed by atoms with E-state index < -0.39 is 6.10 Å². The fraction of sp³-hybridized carbons (Fsp3) is 0.188. The third-order valence-corrected chi connectivity index (χ3v) is 4.45. The van der Waals surface area contributed by atoms with Crippen molar-refractivity contribution in [2.75, 3.05) is 10.6 Å². The zero-order valence-corrected chi connectivity index (χ0v) is 13.6. The molecule has 1 unspecified atom stereocenters. The Morgan fingerprint density at radius 3 is 3.21 bits per heavy atom. The number of aromatic nitrogens is 2. The van der Waals surface area contributed by atoms with E-state index in [-0.39, 0.29) is 18.2 Å². The molecule has 1 aromatic carbocycles. The number of nitrogens with zero attached hydrogens (tertiary/aromatic N) is 2. The summed E-state index contributed by atoms with van der Waals surface area (Å²) < 4.78 is 7.38. The third-order valence-electron chi connectivity index (χ3n) is 3.68. The number of thiazole rings is 1. The maximum atomic E-state index is 12.2. The Hall–Kier alpha value is -2.87. The van der Waals surface area contributed by atoms with Crippen molar-refractivity contribution in [3.63, 3.8) is 0 Å². The highest BCUT2D eigenvalue weighted by Gasteiger charge is 2.23. The van der Waals surface area contributed by atoms with Gasteiger partial charge in [-0.25, -0.2) is 4.98 Å². The maximum Gasteiger partial charge on any atom is 0.265 e. The molecule has 2 N–H and O–H groups in total. The molecule has 3 heterocycles. The van der Waals surface area contributed by atoms with E-state index in [0.29, 0.717) is 22.8 Å². The van der Waals surface area contributed by atoms with Gasteiger partial charge in [0.1, 0.15) is 5.75 Å². The Morgan fingerprint density at radius 2 is 2.38 bits per heavy atom. The number of rotatable bonds is 3. The van der Waals surface area contributed by atoms with Crippen LogP contribution in [-0.4, -0.2) is 27.3 Å². The zero-order chi connectivity index (χ0) is 16.7. The fourth-order valence-electron chi connectivity index (χ4n) is 2.52. The first-order valence-electron chi connectivity index (χ1n) is 7.41. The number of hydrogen-bond acceptors (Lipinski definition) is 5. The van der Waals surface area contributed by atoms with E-state index in [1.165, 1.54) is 11.3 Å². The van der Waals surface area contributed by atoms with Gasteiger partial charge in [0, 0.05) is 23.5 Å². The molecule has 0 bridgehead atoms. The molecule has 0 fully saturated rings. The van der Waals surface area contributed by atoms with Gasteiger partial charge < -0.3 is 15.4 Å². The lowest BCUT2D eigenvalue weighted by Crippen LogP contribution is -2.34. The molecular weight excluding hydrogens is 328 g/mol. The molecule has 2 aromatic heterocycles. The van der Waals surface area contributed by atoms with Gasteiger partial charge in [-0.1, -0.05) is 0 Å². The molecule has 0 saturated carbocycles. The molecule has 0 aliphatic carbocycles. The van der Waals surface area contributed by atoms with Crippen molar-refractivity contribution in [2.24, 2.45) is 0 Å². The van der Waals surface area contributed by atoms with Crippen LogP contribution in [0.3, 0.4) is 0 Å². The molecule has 0 saturated heterocycles. The summed E-state index contributed by atoms with van der Waals surface area (Å²) >= 11 is 1.52. The molecule has 1 atom stereocenters. The first-order chi connectivity index (χ1) is 11.6. The van der Waals surface area contributed by atoms with Crippen molar-refractivity contribution in [1.82, 2.24) is 9.38 Å². The molecule has 7 nitrogen and oxygen atoms in total. The molecule has 1 aliphatic heterocycles. The fourth-order valence-corrected chi connectivity index (χ4v) is 3.24. The minimum absolute atomic E-state index is 0.169. The van der Waals surface area contributed by atoms with Crippen LogP contribution in [0.4, 0.5) is 11.4 Å². The summed E-state index contributed by atoms with van der Waals surface area (Å²) in [6, 6.07) is 5.16. The molecule has 8 heteroatoms. The van der Waals surface area contributed by atoms with Crippen LogP contribution in [-0.2, 0) is 16.0 Å². The topological polar surface area (TPSA) is 84.7 Å². The minimum Gasteiger partial charge on any atom is -0.479 e. The Kier molecular flexibility index (Phi) is 3.46. The number of anilines is 2. The molecule has 3 aromatic rings. The van der Waals surface area contributed by atoms with E-state index >= 15 is 0 Å². The number of nitrogens with one attached hydrogen (secondary N) is 2. The number of fused-ring (bicyclic) bond motifs is 2. The van der Waals surface area contributed by atoms with Gasteiger partial charge in [-0.05, 0) is 25.1 Å². The summed E-state index contributed by atoms with van der Waals surface area (Å²) in [5.41, 5.74) is 1.86. The van der Waals surface area contributed by atoms with Gasteiger partial charge in [-0.3, -0.25) is 14.0 Å². The van der Waals surface area contributed by atoms with Gasteiger partial charge in [-0.2, -0.15) is 0 Å². The molecule has 122 valence electrons. The van der Waals surface area contributed by atoms with Gasteiger partial charge in [0.15, 0.2) is 11.1 Å². The van der Waals surface area contributed by atoms with Crippen molar-refractivity contribution in [3.05, 3.63) is 41.7 Å². The predicted octanol–water partition coefficient (Wildman–Crippen LogP) is 2.30. The number of carbonyl (C=O) groups is 2. The zero-order valence-electron chi connectivity index (χ0n) is 12.8. The van der Waals surface area contributed by atoms with Crippen LogP contribution in [0, 0.1) is 0 Å². The van der Waals surface area contributed by atoms with Gasteiger partial charge in [0.2, 0.25) is 5.91 Å². The average molecular weight is 342 g/mol. The third kappa shape index (κ3) is 2.71. The van der Waals surface area contributed by atoms with Crippen molar-refractivity contribution in [1.29, 1.82) is 0 Å². The average Bonchev–Trinajstić information content (AvgIpc) is 3.10. The number of amides is 2. The number of imidazole rings is 1. The van der Waals surface area contributed by atoms with Gasteiger partial charge in [0.25, 0.3) is 5.91 Å². The summed E-state index contributed by atoms with van der Waals surface area (Å²) in [4.78, 5) is 29.1. The van der Waals surface area contributed by atoms with Crippen molar-refractivity contribution in [3.8, 4) is 5.75 Å². The lowest BCUT2D eigenvalue weighted by Gasteiger charge is -2.23. The van der Waals surface area contributed by atoms with Crippen LogP contribution in [0.1, 0.15) is 12.6 Å². The standard InChI is InChI=1S/C16H14N4O3S/c1-9-15(22)19-12-6-10(2-3-13(12)23-9)17-14(21)7-11-8-20-4-5-24-16(20)18-11/h2-6,8-9H,7H2,1H3,(H,17,21)(H,19,22). The van der Waals surface area contributed by atoms with E-state index in [9.17, 15) is 9.59 Å². The van der Waals surface area contributed by atoms with E-state index in [4.69, 9.17) is 4.74 Å². The molecule has 0 radical (unpaired) electrons. The van der Waals surface area contributed by atoms with Crippen molar-refractivity contribution >= 4 is 39.5 Å². The van der Waals surface area contributed by atoms with E-state index in [1.807, 2.05) is 22.2 Å². The lowest BCUT2D eigenvalue weighted by molar-refractivity contribution is -0.122. The largest absolute Gasteiger partial charge is 0.479 e. The second kappa shape index (κ2) is 5.64. The summed E-state index contributed by atoms with van der Waals surface area (Å²) in [6.07, 6.45) is 3.41. The maximum absolute atomic E-state index is 12.2. The Morgan fingerprint density at radius 1 is 1.50 bits per heavy atom. The SMILES string of the molecule is CC1Oc2ccc(NC(=O)Cc3cn4ccsc4n3)cc2NC1=O. The van der Waals surface area contributed by atoms with Crippen molar-refractivity contribution < 1.29 is 14.3 Å². The normalized spacial score (nSPS) is 16.4. The molecule has 4 rings (SSSR count). The van der Waals surface area contributed by atoms with Crippen LogP contribution in [0.15, 0.2) is 36.0 Å². The predicted molar refractivity (Wildman–Crippen MR) is 90.6 cm³/mol. The van der Waals surface area contributed by atoms with Crippen molar-refractivity contribution in [2.45, 2.75) is 19.4 Å². The van der Waals surface area contributed by atoms with Gasteiger partial charge >= 0.3 is 0 Å². The number of carbonyl (C=O) groups excluding carboxylic acids is 2. The molecular formula is C16H14N4O3S. The van der Waals surface area contributed by atoms with Crippen LogP contribution < -0.4 is 15.4 Å². The molecule has 1 aliphatic rings. The number of ether oxygens (including phenoxy) is 1. The lowest BCUT2D eigenvalue weighted by atomic mass is 10.2. The van der Waals surface area contributed by atoms with Crippen LogP contribution in [0.5, 0.6) is 5.75 Å². The Labute approximate surface area is 141 Å². The van der Waals surface area contributed by atoms with Gasteiger partial charge in [-0.15, -0.1) is 11.3 Å². The van der Waals surface area contributed by atoms with Gasteiger partial charge in [0.05, 0.1) is 17.8 Å². The summed E-state index contributed by atoms with van der Waals surface area (Å²) in [6.45, 7) is 1.68. The number of hydrogen-bond donors (Lipinski definition) is 2.